The number of hydrogen-bond donors (Lipinski definition) is 0. The minimum absolute atomic E-state index is 0.0263. The van der Waals surface area contributed by atoms with Gasteiger partial charge >= 0.3 is 6.18 Å². The van der Waals surface area contributed by atoms with Crippen molar-refractivity contribution in [3.8, 4) is 11.6 Å². The van der Waals surface area contributed by atoms with E-state index in [2.05, 4.69) is 10.1 Å². The first-order chi connectivity index (χ1) is 15.1. The van der Waals surface area contributed by atoms with Crippen LogP contribution in [0.1, 0.15) is 22.9 Å². The van der Waals surface area contributed by atoms with E-state index in [4.69, 9.17) is 16.3 Å². The lowest BCUT2D eigenvalue weighted by atomic mass is 10.1. The molecule has 0 fully saturated rings. The van der Waals surface area contributed by atoms with Crippen molar-refractivity contribution in [2.24, 2.45) is 5.10 Å². The quantitative estimate of drug-likeness (QED) is 0.449. The summed E-state index contributed by atoms with van der Waals surface area (Å²) in [5.41, 5.74) is 0.113. The summed E-state index contributed by atoms with van der Waals surface area (Å²) in [4.78, 5) is 5.50. The fourth-order valence-corrected chi connectivity index (χ4v) is 3.73. The first kappa shape index (κ1) is 21.9. The number of amidine groups is 1. The SMILES string of the molecule is CN1N=C(c2c(F)cccc2Cl)N(C)C1c1cccc(Oc2ccc(C(F)(F)F)cn2)c1. The minimum Gasteiger partial charge on any atom is -0.439 e. The highest BCUT2D eigenvalue weighted by Gasteiger charge is 2.34. The molecule has 3 aromatic rings. The number of hydrogen-bond acceptors (Lipinski definition) is 5. The smallest absolute Gasteiger partial charge is 0.417 e. The monoisotopic (exact) mass is 464 g/mol. The number of benzene rings is 2. The average molecular weight is 465 g/mol. The van der Waals surface area contributed by atoms with E-state index in [1.807, 2.05) is 6.07 Å². The molecule has 0 N–H and O–H groups in total. The second-order valence-corrected chi connectivity index (χ2v) is 7.54. The Labute approximate surface area is 186 Å². The van der Waals surface area contributed by atoms with E-state index >= 15 is 0 Å². The number of halogens is 5. The van der Waals surface area contributed by atoms with Crippen molar-refractivity contribution in [1.29, 1.82) is 0 Å². The molecule has 1 unspecified atom stereocenters. The van der Waals surface area contributed by atoms with Gasteiger partial charge in [-0.3, -0.25) is 5.01 Å². The van der Waals surface area contributed by atoms with Gasteiger partial charge in [0, 0.05) is 26.4 Å². The van der Waals surface area contributed by atoms with Crippen molar-refractivity contribution < 1.29 is 22.3 Å². The van der Waals surface area contributed by atoms with Crippen LogP contribution in [0, 0.1) is 5.82 Å². The lowest BCUT2D eigenvalue weighted by Gasteiger charge is -2.27. The molecule has 166 valence electrons. The van der Waals surface area contributed by atoms with Crippen LogP contribution in [0.25, 0.3) is 0 Å². The zero-order valence-corrected chi connectivity index (χ0v) is 17.7. The minimum atomic E-state index is -4.47. The van der Waals surface area contributed by atoms with Gasteiger partial charge in [0.15, 0.2) is 5.84 Å². The van der Waals surface area contributed by atoms with E-state index in [-0.39, 0.29) is 22.6 Å². The third-order valence-electron chi connectivity index (χ3n) is 4.94. The normalized spacial score (nSPS) is 16.3. The molecule has 0 saturated heterocycles. The lowest BCUT2D eigenvalue weighted by molar-refractivity contribution is -0.137. The summed E-state index contributed by atoms with van der Waals surface area (Å²) in [6, 6.07) is 13.5. The molecule has 4 rings (SSSR count). The van der Waals surface area contributed by atoms with E-state index in [9.17, 15) is 17.6 Å². The molecule has 0 bridgehead atoms. The fourth-order valence-electron chi connectivity index (χ4n) is 3.49. The fraction of sp³-hybridized carbons (Fsp3) is 0.182. The Morgan fingerprint density at radius 2 is 1.78 bits per heavy atom. The van der Waals surface area contributed by atoms with Crippen LogP contribution in [0.3, 0.4) is 0 Å². The standard InChI is InChI=1S/C22H17ClF4N4O/c1-30-20(19-16(23)7-4-8-17(19)24)29-31(2)21(30)13-5-3-6-15(11-13)32-18-10-9-14(12-28-18)22(25,26)27/h3-12,21H,1-2H3. The van der Waals surface area contributed by atoms with Crippen LogP contribution in [0.15, 0.2) is 65.9 Å². The average Bonchev–Trinajstić information content (AvgIpc) is 3.01. The third-order valence-corrected chi connectivity index (χ3v) is 5.25. The molecular formula is C22H17ClF4N4O. The molecule has 5 nitrogen and oxygen atoms in total. The molecule has 1 aliphatic heterocycles. The largest absolute Gasteiger partial charge is 0.439 e. The predicted octanol–water partition coefficient (Wildman–Crippen LogP) is 5.92. The molecule has 0 aliphatic carbocycles. The highest BCUT2D eigenvalue weighted by atomic mass is 35.5. The molecule has 0 saturated carbocycles. The predicted molar refractivity (Wildman–Crippen MR) is 112 cm³/mol. The highest BCUT2D eigenvalue weighted by molar-refractivity contribution is 6.34. The Morgan fingerprint density at radius 3 is 2.44 bits per heavy atom. The lowest BCUT2D eigenvalue weighted by Crippen LogP contribution is -2.31. The number of nitrogens with zero attached hydrogens (tertiary/aromatic N) is 4. The Balaban J connectivity index is 1.57. The number of pyridine rings is 1. The van der Waals surface area contributed by atoms with Crippen LogP contribution in [-0.2, 0) is 6.18 Å². The van der Waals surface area contributed by atoms with Crippen molar-refractivity contribution in [2.45, 2.75) is 12.3 Å². The van der Waals surface area contributed by atoms with E-state index < -0.39 is 17.6 Å². The van der Waals surface area contributed by atoms with Crippen molar-refractivity contribution in [2.75, 3.05) is 14.1 Å². The number of alkyl halides is 3. The van der Waals surface area contributed by atoms with Crippen LogP contribution in [0.4, 0.5) is 17.6 Å². The second kappa shape index (κ2) is 8.31. The molecule has 2 heterocycles. The van der Waals surface area contributed by atoms with Gasteiger partial charge in [-0.15, -0.1) is 0 Å². The molecule has 0 spiro atoms. The van der Waals surface area contributed by atoms with Crippen LogP contribution in [-0.4, -0.2) is 34.8 Å². The molecule has 1 aliphatic rings. The van der Waals surface area contributed by atoms with Gasteiger partial charge in [0.2, 0.25) is 5.88 Å². The van der Waals surface area contributed by atoms with Gasteiger partial charge < -0.3 is 9.64 Å². The summed E-state index contributed by atoms with van der Waals surface area (Å²) < 4.78 is 58.2. The Bertz CT molecular complexity index is 1150. The van der Waals surface area contributed by atoms with Gasteiger partial charge in [0.05, 0.1) is 16.1 Å². The van der Waals surface area contributed by atoms with E-state index in [1.54, 1.807) is 48.3 Å². The van der Waals surface area contributed by atoms with Gasteiger partial charge in [0.25, 0.3) is 0 Å². The van der Waals surface area contributed by atoms with Crippen LogP contribution >= 0.6 is 11.6 Å². The van der Waals surface area contributed by atoms with Crippen molar-refractivity contribution in [3.05, 3.63) is 88.3 Å². The Morgan fingerprint density at radius 1 is 1.03 bits per heavy atom. The van der Waals surface area contributed by atoms with E-state index in [0.29, 0.717) is 11.6 Å². The van der Waals surface area contributed by atoms with Gasteiger partial charge in [-0.05, 0) is 35.9 Å². The maximum absolute atomic E-state index is 14.4. The summed E-state index contributed by atoms with van der Waals surface area (Å²) in [5.74, 6) is 0.297. The molecule has 32 heavy (non-hydrogen) atoms. The first-order valence-corrected chi connectivity index (χ1v) is 9.82. The van der Waals surface area contributed by atoms with Crippen LogP contribution in [0.2, 0.25) is 5.02 Å². The summed E-state index contributed by atoms with van der Waals surface area (Å²) in [6.45, 7) is 0. The maximum Gasteiger partial charge on any atom is 0.417 e. The van der Waals surface area contributed by atoms with Crippen molar-refractivity contribution >= 4 is 17.4 Å². The van der Waals surface area contributed by atoms with Gasteiger partial charge in [0.1, 0.15) is 17.7 Å². The Hall–Kier alpha value is -3.33. The number of ether oxygens (including phenoxy) is 1. The number of hydrazone groups is 1. The molecule has 10 heteroatoms. The first-order valence-electron chi connectivity index (χ1n) is 9.45. The third kappa shape index (κ3) is 4.20. The highest BCUT2D eigenvalue weighted by Crippen LogP contribution is 2.35. The molecule has 2 aromatic carbocycles. The summed E-state index contributed by atoms with van der Waals surface area (Å²) in [6.07, 6.45) is -4.14. The second-order valence-electron chi connectivity index (χ2n) is 7.14. The summed E-state index contributed by atoms with van der Waals surface area (Å²) in [7, 11) is 3.51. The molecule has 0 radical (unpaired) electrons. The molecule has 1 atom stereocenters. The number of aromatic nitrogens is 1. The zero-order valence-electron chi connectivity index (χ0n) is 16.9. The van der Waals surface area contributed by atoms with Crippen LogP contribution in [0.5, 0.6) is 11.6 Å². The topological polar surface area (TPSA) is 41.0 Å². The maximum atomic E-state index is 14.4. The zero-order chi connectivity index (χ0) is 23.0. The van der Waals surface area contributed by atoms with Crippen LogP contribution < -0.4 is 4.74 Å². The van der Waals surface area contributed by atoms with E-state index in [1.165, 1.54) is 12.1 Å². The summed E-state index contributed by atoms with van der Waals surface area (Å²) >= 11 is 6.21. The number of rotatable bonds is 4. The Kier molecular flexibility index (Phi) is 5.68. The molecule has 0 amide bonds. The van der Waals surface area contributed by atoms with Gasteiger partial charge in [-0.25, -0.2) is 9.37 Å². The van der Waals surface area contributed by atoms with Crippen molar-refractivity contribution in [1.82, 2.24) is 14.9 Å². The van der Waals surface area contributed by atoms with Gasteiger partial charge in [-0.1, -0.05) is 29.8 Å². The summed E-state index contributed by atoms with van der Waals surface area (Å²) in [5, 5.41) is 6.36. The molecular weight excluding hydrogens is 448 g/mol. The molecule has 1 aromatic heterocycles. The van der Waals surface area contributed by atoms with Crippen molar-refractivity contribution in [3.63, 3.8) is 0 Å². The van der Waals surface area contributed by atoms with Gasteiger partial charge in [-0.2, -0.15) is 18.3 Å². The van der Waals surface area contributed by atoms with E-state index in [0.717, 1.165) is 23.9 Å².